The maximum absolute atomic E-state index is 12.7. The minimum Gasteiger partial charge on any atom is -0.387 e. The highest BCUT2D eigenvalue weighted by atomic mass is 32.2. The van der Waals surface area contributed by atoms with Gasteiger partial charge in [0.15, 0.2) is 0 Å². The number of hydrogen-bond acceptors (Lipinski definition) is 3. The molecule has 0 aliphatic carbocycles. The summed E-state index contributed by atoms with van der Waals surface area (Å²) in [6, 6.07) is 18.8. The summed E-state index contributed by atoms with van der Waals surface area (Å²) in [5.41, 5.74) is 0.798. The normalized spacial score (nSPS) is 20.2. The Morgan fingerprint density at radius 1 is 1.09 bits per heavy atom. The van der Waals surface area contributed by atoms with Crippen LogP contribution in [-0.2, 0) is 0 Å². The standard InChI is InChI=1S/C18H20N2O2S/c21-17(19-13-18(22)11-12-23-14-18)20(15-7-3-1-4-8-15)16-9-5-2-6-10-16/h1-10,22H,11-14H2,(H,19,21)/t18-/m0/s1. The van der Waals surface area contributed by atoms with Crippen LogP contribution >= 0.6 is 11.8 Å². The predicted molar refractivity (Wildman–Crippen MR) is 95.3 cm³/mol. The van der Waals surface area contributed by atoms with Crippen molar-refractivity contribution in [3.8, 4) is 0 Å². The molecule has 1 saturated heterocycles. The number of nitrogens with one attached hydrogen (secondary N) is 1. The molecule has 0 aromatic heterocycles. The summed E-state index contributed by atoms with van der Waals surface area (Å²) >= 11 is 1.72. The molecule has 0 radical (unpaired) electrons. The lowest BCUT2D eigenvalue weighted by molar-refractivity contribution is 0.0704. The number of carbonyl (C=O) groups is 1. The highest BCUT2D eigenvalue weighted by molar-refractivity contribution is 7.99. The lowest BCUT2D eigenvalue weighted by Gasteiger charge is -2.27. The number of carbonyl (C=O) groups excluding carboxylic acids is 1. The van der Waals surface area contributed by atoms with Gasteiger partial charge >= 0.3 is 6.03 Å². The van der Waals surface area contributed by atoms with E-state index in [-0.39, 0.29) is 12.6 Å². The second kappa shape index (κ2) is 7.06. The van der Waals surface area contributed by atoms with Crippen molar-refractivity contribution in [3.05, 3.63) is 60.7 Å². The molecule has 1 atom stereocenters. The van der Waals surface area contributed by atoms with Crippen LogP contribution in [0.4, 0.5) is 16.2 Å². The summed E-state index contributed by atoms with van der Waals surface area (Å²) in [6.07, 6.45) is 0.717. The maximum atomic E-state index is 12.7. The maximum Gasteiger partial charge on any atom is 0.326 e. The lowest BCUT2D eigenvalue weighted by atomic mass is 10.0. The number of thioether (sulfide) groups is 1. The van der Waals surface area contributed by atoms with Crippen LogP contribution in [0.5, 0.6) is 0 Å². The number of benzene rings is 2. The van der Waals surface area contributed by atoms with Crippen molar-refractivity contribution in [2.45, 2.75) is 12.0 Å². The molecule has 0 unspecified atom stereocenters. The van der Waals surface area contributed by atoms with Crippen LogP contribution in [0.3, 0.4) is 0 Å². The number of para-hydroxylation sites is 2. The van der Waals surface area contributed by atoms with Crippen LogP contribution in [0.15, 0.2) is 60.7 Å². The topological polar surface area (TPSA) is 52.6 Å². The number of urea groups is 1. The van der Waals surface area contributed by atoms with Gasteiger partial charge in [-0.3, -0.25) is 4.90 Å². The SMILES string of the molecule is O=C(NC[C@@]1(O)CCSC1)N(c1ccccc1)c1ccccc1. The molecule has 2 N–H and O–H groups in total. The molecule has 2 aromatic carbocycles. The molecule has 23 heavy (non-hydrogen) atoms. The molecule has 0 bridgehead atoms. The summed E-state index contributed by atoms with van der Waals surface area (Å²) in [5, 5.41) is 13.3. The van der Waals surface area contributed by atoms with Gasteiger partial charge in [0.2, 0.25) is 0 Å². The largest absolute Gasteiger partial charge is 0.387 e. The fourth-order valence-corrected chi connectivity index (χ4v) is 3.89. The first-order valence-electron chi connectivity index (χ1n) is 7.66. The van der Waals surface area contributed by atoms with E-state index in [9.17, 15) is 9.90 Å². The number of amides is 2. The second-order valence-corrected chi connectivity index (χ2v) is 6.80. The van der Waals surface area contributed by atoms with Gasteiger partial charge in [-0.1, -0.05) is 36.4 Å². The summed E-state index contributed by atoms with van der Waals surface area (Å²) in [5.74, 6) is 1.61. The van der Waals surface area contributed by atoms with Crippen LogP contribution in [-0.4, -0.2) is 34.8 Å². The Balaban J connectivity index is 1.79. The Labute approximate surface area is 140 Å². The fourth-order valence-electron chi connectivity index (χ4n) is 2.59. The number of rotatable bonds is 4. The molecule has 5 heteroatoms. The van der Waals surface area contributed by atoms with E-state index in [1.165, 1.54) is 0 Å². The van der Waals surface area contributed by atoms with Crippen molar-refractivity contribution in [2.75, 3.05) is 23.0 Å². The van der Waals surface area contributed by atoms with Crippen LogP contribution in [0.2, 0.25) is 0 Å². The van der Waals surface area contributed by atoms with Gasteiger partial charge in [-0.25, -0.2) is 4.79 Å². The van der Waals surface area contributed by atoms with Gasteiger partial charge in [0.1, 0.15) is 0 Å². The van der Waals surface area contributed by atoms with Gasteiger partial charge in [0, 0.05) is 12.3 Å². The second-order valence-electron chi connectivity index (χ2n) is 5.69. The fraction of sp³-hybridized carbons (Fsp3) is 0.278. The van der Waals surface area contributed by atoms with E-state index in [0.29, 0.717) is 12.2 Å². The third kappa shape index (κ3) is 3.86. The Hall–Kier alpha value is -1.98. The van der Waals surface area contributed by atoms with E-state index in [1.807, 2.05) is 60.7 Å². The molecule has 1 aliphatic heterocycles. The van der Waals surface area contributed by atoms with E-state index in [4.69, 9.17) is 0 Å². The Morgan fingerprint density at radius 3 is 2.13 bits per heavy atom. The highest BCUT2D eigenvalue weighted by Gasteiger charge is 2.32. The molecule has 4 nitrogen and oxygen atoms in total. The molecule has 1 aliphatic rings. The Morgan fingerprint density at radius 2 is 1.65 bits per heavy atom. The third-order valence-corrected chi connectivity index (χ3v) is 5.12. The first-order chi connectivity index (χ1) is 11.2. The molecule has 120 valence electrons. The number of nitrogens with zero attached hydrogens (tertiary/aromatic N) is 1. The molecule has 3 rings (SSSR count). The summed E-state index contributed by atoms with van der Waals surface area (Å²) in [4.78, 5) is 14.4. The van der Waals surface area contributed by atoms with Crippen molar-refractivity contribution < 1.29 is 9.90 Å². The number of hydrogen-bond donors (Lipinski definition) is 2. The van der Waals surface area contributed by atoms with E-state index < -0.39 is 5.60 Å². The van der Waals surface area contributed by atoms with Crippen molar-refractivity contribution in [1.29, 1.82) is 0 Å². The van der Waals surface area contributed by atoms with Gasteiger partial charge in [0.05, 0.1) is 17.0 Å². The zero-order chi connectivity index (χ0) is 16.1. The van der Waals surface area contributed by atoms with Crippen LogP contribution < -0.4 is 10.2 Å². The summed E-state index contributed by atoms with van der Waals surface area (Å²) in [6.45, 7) is 0.273. The zero-order valence-electron chi connectivity index (χ0n) is 12.8. The monoisotopic (exact) mass is 328 g/mol. The number of aliphatic hydroxyl groups is 1. The van der Waals surface area contributed by atoms with Crippen LogP contribution in [0.1, 0.15) is 6.42 Å². The predicted octanol–water partition coefficient (Wildman–Crippen LogP) is 3.40. The van der Waals surface area contributed by atoms with Crippen LogP contribution in [0.25, 0.3) is 0 Å². The van der Waals surface area contributed by atoms with Gasteiger partial charge in [-0.05, 0) is 36.4 Å². The van der Waals surface area contributed by atoms with E-state index >= 15 is 0 Å². The van der Waals surface area contributed by atoms with Crippen LogP contribution in [0, 0.1) is 0 Å². The molecule has 2 amide bonds. The summed E-state index contributed by atoms with van der Waals surface area (Å²) in [7, 11) is 0. The molecule has 1 fully saturated rings. The number of anilines is 2. The molecular formula is C18H20N2O2S. The smallest absolute Gasteiger partial charge is 0.326 e. The highest BCUT2D eigenvalue weighted by Crippen LogP contribution is 2.28. The summed E-state index contributed by atoms with van der Waals surface area (Å²) < 4.78 is 0. The van der Waals surface area contributed by atoms with E-state index in [2.05, 4.69) is 5.32 Å². The molecule has 2 aromatic rings. The molecular weight excluding hydrogens is 308 g/mol. The van der Waals surface area contributed by atoms with Crippen molar-refractivity contribution in [2.24, 2.45) is 0 Å². The zero-order valence-corrected chi connectivity index (χ0v) is 13.6. The van der Waals surface area contributed by atoms with Crippen molar-refractivity contribution in [1.82, 2.24) is 5.32 Å². The van der Waals surface area contributed by atoms with Gasteiger partial charge in [0.25, 0.3) is 0 Å². The van der Waals surface area contributed by atoms with Crippen molar-refractivity contribution >= 4 is 29.2 Å². The third-order valence-electron chi connectivity index (χ3n) is 3.88. The Kier molecular flexibility index (Phi) is 4.88. The minimum atomic E-state index is -0.792. The molecule has 1 heterocycles. The average Bonchev–Trinajstić information content (AvgIpc) is 3.02. The molecule has 0 spiro atoms. The van der Waals surface area contributed by atoms with Gasteiger partial charge in [-0.15, -0.1) is 0 Å². The van der Waals surface area contributed by atoms with E-state index in [1.54, 1.807) is 16.7 Å². The van der Waals surface area contributed by atoms with Crippen molar-refractivity contribution in [3.63, 3.8) is 0 Å². The first-order valence-corrected chi connectivity index (χ1v) is 8.82. The first kappa shape index (κ1) is 15.9. The van der Waals surface area contributed by atoms with Gasteiger partial charge in [-0.2, -0.15) is 11.8 Å². The lowest BCUT2D eigenvalue weighted by Crippen LogP contribution is -2.46. The van der Waals surface area contributed by atoms with E-state index in [0.717, 1.165) is 17.1 Å². The van der Waals surface area contributed by atoms with Gasteiger partial charge < -0.3 is 10.4 Å². The quantitative estimate of drug-likeness (QED) is 0.904. The average molecular weight is 328 g/mol. The molecule has 0 saturated carbocycles. The Bertz CT molecular complexity index is 603. The minimum absolute atomic E-state index is 0.229.